The molecule has 0 saturated carbocycles. The molecule has 0 aliphatic rings. The van der Waals surface area contributed by atoms with Crippen molar-refractivity contribution in [1.82, 2.24) is 0 Å². The average molecular weight is 291 g/mol. The fourth-order valence-electron chi connectivity index (χ4n) is 2.04. The Kier molecular flexibility index (Phi) is 8.28. The molecule has 0 fully saturated rings. The minimum absolute atomic E-state index is 0. The van der Waals surface area contributed by atoms with E-state index in [-0.39, 0.29) is 23.1 Å². The number of hydrogen-bond donors (Lipinski definition) is 0. The molecule has 2 rings (SSSR count). The van der Waals surface area contributed by atoms with Crippen molar-refractivity contribution in [2.75, 3.05) is 0 Å². The molecule has 0 N–H and O–H groups in total. The standard InChI is InChI=1S/2C10H13.Mg/c2*1-7-5-9(3)10(4)6-8(7)2;/h2*5H,1-4H3;/q2*-1;+2. The van der Waals surface area contributed by atoms with Crippen LogP contribution in [0.1, 0.15) is 44.5 Å². The Morgan fingerprint density at radius 3 is 0.810 bits per heavy atom. The van der Waals surface area contributed by atoms with Crippen LogP contribution in [0.25, 0.3) is 0 Å². The van der Waals surface area contributed by atoms with E-state index >= 15 is 0 Å². The molecule has 0 saturated heterocycles. The molecular formula is C20H26Mg. The third-order valence-corrected chi connectivity index (χ3v) is 3.98. The predicted molar refractivity (Wildman–Crippen MR) is 94.2 cm³/mol. The van der Waals surface area contributed by atoms with Crippen molar-refractivity contribution in [3.63, 3.8) is 0 Å². The van der Waals surface area contributed by atoms with Gasteiger partial charge in [-0.1, -0.05) is 55.4 Å². The van der Waals surface area contributed by atoms with Crippen LogP contribution in [0.15, 0.2) is 12.1 Å². The van der Waals surface area contributed by atoms with E-state index in [1.807, 2.05) is 0 Å². The zero-order valence-electron chi connectivity index (χ0n) is 14.9. The van der Waals surface area contributed by atoms with E-state index in [0.717, 1.165) is 0 Å². The monoisotopic (exact) mass is 290 g/mol. The van der Waals surface area contributed by atoms with Gasteiger partial charge in [0.05, 0.1) is 0 Å². The normalized spacial score (nSPS) is 9.52. The van der Waals surface area contributed by atoms with Gasteiger partial charge in [-0.2, -0.15) is 68.8 Å². The molecule has 1 heteroatoms. The third-order valence-electron chi connectivity index (χ3n) is 3.98. The molecule has 0 aliphatic carbocycles. The van der Waals surface area contributed by atoms with Crippen LogP contribution in [0.3, 0.4) is 0 Å². The summed E-state index contributed by atoms with van der Waals surface area (Å²) in [5, 5.41) is 0. The molecule has 0 spiro atoms. The fraction of sp³-hybridized carbons (Fsp3) is 0.400. The molecule has 0 aromatic heterocycles. The second kappa shape index (κ2) is 8.60. The summed E-state index contributed by atoms with van der Waals surface area (Å²) in [6.45, 7) is 16.9. The summed E-state index contributed by atoms with van der Waals surface area (Å²) in [7, 11) is 0. The maximum Gasteiger partial charge on any atom is 2.00 e. The summed E-state index contributed by atoms with van der Waals surface area (Å²) in [4.78, 5) is 0. The predicted octanol–water partition coefficient (Wildman–Crippen LogP) is 5.06. The van der Waals surface area contributed by atoms with Gasteiger partial charge in [0, 0.05) is 0 Å². The maximum absolute atomic E-state index is 3.31. The van der Waals surface area contributed by atoms with Crippen LogP contribution in [-0.4, -0.2) is 23.1 Å². The van der Waals surface area contributed by atoms with E-state index in [1.54, 1.807) is 0 Å². The van der Waals surface area contributed by atoms with Gasteiger partial charge < -0.3 is 0 Å². The molecule has 0 atom stereocenters. The molecule has 0 bridgehead atoms. The van der Waals surface area contributed by atoms with Gasteiger partial charge in [-0.15, -0.1) is 0 Å². The molecular weight excluding hydrogens is 265 g/mol. The first kappa shape index (κ1) is 20.2. The van der Waals surface area contributed by atoms with Gasteiger partial charge in [0.15, 0.2) is 0 Å². The van der Waals surface area contributed by atoms with Crippen molar-refractivity contribution >= 4 is 23.1 Å². The van der Waals surface area contributed by atoms with Crippen LogP contribution in [0.4, 0.5) is 0 Å². The van der Waals surface area contributed by atoms with Gasteiger partial charge in [0.2, 0.25) is 0 Å². The van der Waals surface area contributed by atoms with Gasteiger partial charge in [-0.05, 0) is 0 Å². The number of hydrogen-bond acceptors (Lipinski definition) is 0. The van der Waals surface area contributed by atoms with Crippen LogP contribution in [0, 0.1) is 67.5 Å². The van der Waals surface area contributed by atoms with Crippen LogP contribution >= 0.6 is 0 Å². The summed E-state index contributed by atoms with van der Waals surface area (Å²) in [6.07, 6.45) is 0. The Hall–Kier alpha value is -0.794. The zero-order chi connectivity index (χ0) is 15.4. The Labute approximate surface area is 147 Å². The summed E-state index contributed by atoms with van der Waals surface area (Å²) >= 11 is 0. The Morgan fingerprint density at radius 1 is 0.476 bits per heavy atom. The van der Waals surface area contributed by atoms with E-state index in [2.05, 4.69) is 79.7 Å². The molecule has 21 heavy (non-hydrogen) atoms. The first-order valence-corrected chi connectivity index (χ1v) is 7.15. The maximum atomic E-state index is 3.31. The van der Waals surface area contributed by atoms with Crippen molar-refractivity contribution in [2.45, 2.75) is 55.4 Å². The molecule has 2 aromatic carbocycles. The van der Waals surface area contributed by atoms with Crippen molar-refractivity contribution < 1.29 is 0 Å². The van der Waals surface area contributed by atoms with Gasteiger partial charge >= 0.3 is 23.1 Å². The summed E-state index contributed by atoms with van der Waals surface area (Å²) in [5.74, 6) is 0. The number of aryl methyl sites for hydroxylation is 8. The molecule has 0 unspecified atom stereocenters. The van der Waals surface area contributed by atoms with Crippen LogP contribution in [-0.2, 0) is 0 Å². The van der Waals surface area contributed by atoms with Crippen molar-refractivity contribution in [1.29, 1.82) is 0 Å². The van der Waals surface area contributed by atoms with Gasteiger partial charge in [0.1, 0.15) is 0 Å². The van der Waals surface area contributed by atoms with Gasteiger partial charge in [-0.25, -0.2) is 0 Å². The zero-order valence-corrected chi connectivity index (χ0v) is 16.3. The number of benzene rings is 2. The fourth-order valence-corrected chi connectivity index (χ4v) is 2.04. The van der Waals surface area contributed by atoms with E-state index in [4.69, 9.17) is 0 Å². The Morgan fingerprint density at radius 2 is 0.667 bits per heavy atom. The van der Waals surface area contributed by atoms with Crippen molar-refractivity contribution in [3.8, 4) is 0 Å². The SMILES string of the molecule is Cc1[c-]c(C)c(C)cc1C.Cc1[c-]c(C)c(C)cc1C.[Mg+2]. The minimum Gasteiger partial charge on any atom is -0.177 e. The first-order valence-electron chi connectivity index (χ1n) is 7.15. The molecule has 0 aliphatic heterocycles. The van der Waals surface area contributed by atoms with Gasteiger partial charge in [0.25, 0.3) is 0 Å². The van der Waals surface area contributed by atoms with Crippen molar-refractivity contribution in [3.05, 3.63) is 68.8 Å². The smallest absolute Gasteiger partial charge is 0.177 e. The minimum atomic E-state index is 0. The second-order valence-electron chi connectivity index (χ2n) is 5.77. The first-order chi connectivity index (χ1) is 9.22. The van der Waals surface area contributed by atoms with E-state index in [0.29, 0.717) is 0 Å². The quantitative estimate of drug-likeness (QED) is 0.470. The molecule has 0 radical (unpaired) electrons. The molecule has 0 amide bonds. The second-order valence-corrected chi connectivity index (χ2v) is 5.77. The Bertz CT molecular complexity index is 454. The summed E-state index contributed by atoms with van der Waals surface area (Å²) < 4.78 is 0. The Balaban J connectivity index is 0.000000364. The van der Waals surface area contributed by atoms with Crippen LogP contribution in [0.5, 0.6) is 0 Å². The summed E-state index contributed by atoms with van der Waals surface area (Å²) in [6, 6.07) is 11.0. The molecule has 2 aromatic rings. The van der Waals surface area contributed by atoms with Crippen molar-refractivity contribution in [2.24, 2.45) is 0 Å². The van der Waals surface area contributed by atoms with Crippen LogP contribution < -0.4 is 0 Å². The molecule has 0 heterocycles. The largest absolute Gasteiger partial charge is 2.00 e. The van der Waals surface area contributed by atoms with Crippen LogP contribution in [0.2, 0.25) is 0 Å². The van der Waals surface area contributed by atoms with E-state index in [1.165, 1.54) is 44.5 Å². The molecule has 108 valence electrons. The number of rotatable bonds is 0. The third kappa shape index (κ3) is 5.84. The average Bonchev–Trinajstić information content (AvgIpc) is 2.35. The summed E-state index contributed by atoms with van der Waals surface area (Å²) in [5.41, 5.74) is 10.4. The van der Waals surface area contributed by atoms with E-state index < -0.39 is 0 Å². The van der Waals surface area contributed by atoms with Gasteiger partial charge in [-0.3, -0.25) is 0 Å². The topological polar surface area (TPSA) is 0 Å². The molecule has 0 nitrogen and oxygen atoms in total. The van der Waals surface area contributed by atoms with E-state index in [9.17, 15) is 0 Å².